The van der Waals surface area contributed by atoms with Gasteiger partial charge in [-0.3, -0.25) is 10.2 Å². The molecule has 8 nitrogen and oxygen atoms in total. The van der Waals surface area contributed by atoms with E-state index in [0.29, 0.717) is 0 Å². The van der Waals surface area contributed by atoms with Gasteiger partial charge in [0.2, 0.25) is 0 Å². The number of nitrogens with one attached hydrogen (secondary N) is 1. The molecule has 0 fully saturated rings. The van der Waals surface area contributed by atoms with E-state index < -0.39 is 23.3 Å². The second-order valence-corrected chi connectivity index (χ2v) is 4.14. The number of carbonyl (C=O) groups is 3. The van der Waals surface area contributed by atoms with Crippen molar-refractivity contribution in [1.29, 1.82) is 5.41 Å². The zero-order valence-electron chi connectivity index (χ0n) is 12.6. The highest BCUT2D eigenvalue weighted by atomic mass is 16.5. The molecular formula is C15H13NO7. The highest BCUT2D eigenvalue weighted by molar-refractivity contribution is 6.02. The first-order valence-corrected chi connectivity index (χ1v) is 6.19. The fourth-order valence-corrected chi connectivity index (χ4v) is 1.55. The van der Waals surface area contributed by atoms with E-state index in [4.69, 9.17) is 9.83 Å². The van der Waals surface area contributed by atoms with Crippen LogP contribution in [-0.4, -0.2) is 37.8 Å². The van der Waals surface area contributed by atoms with E-state index in [1.54, 1.807) is 0 Å². The van der Waals surface area contributed by atoms with Gasteiger partial charge in [-0.05, 0) is 31.0 Å². The first-order chi connectivity index (χ1) is 10.8. The number of rotatable bonds is 5. The molecule has 1 aromatic rings. The van der Waals surface area contributed by atoms with E-state index in [2.05, 4.69) is 9.47 Å². The average Bonchev–Trinajstić information content (AvgIpc) is 2.53. The predicted octanol–water partition coefficient (Wildman–Crippen LogP) is 0.990. The topological polar surface area (TPSA) is 124 Å². The number of methoxy groups -OCH3 is 2. The molecule has 1 N–H and O–H groups in total. The summed E-state index contributed by atoms with van der Waals surface area (Å²) in [6.45, 7) is 1.15. The maximum Gasteiger partial charge on any atom is 0.347 e. The van der Waals surface area contributed by atoms with Gasteiger partial charge in [0.1, 0.15) is 22.5 Å². The lowest BCUT2D eigenvalue weighted by Crippen LogP contribution is -2.16. The second-order valence-electron chi connectivity index (χ2n) is 4.14. The van der Waals surface area contributed by atoms with Crippen molar-refractivity contribution in [1.82, 2.24) is 0 Å². The smallest absolute Gasteiger partial charge is 0.347 e. The molecule has 8 heteroatoms. The molecule has 0 aliphatic heterocycles. The SMILES string of the molecule is COC(=O)C(=C=N)/C=C/c1oc(=O)c(C(C)=O)cc1C(=O)OC. The van der Waals surface area contributed by atoms with E-state index >= 15 is 0 Å². The van der Waals surface area contributed by atoms with Crippen molar-refractivity contribution in [3.05, 3.63) is 45.0 Å². The number of ether oxygens (including phenoxy) is 2. The van der Waals surface area contributed by atoms with Crippen molar-refractivity contribution in [3.63, 3.8) is 0 Å². The van der Waals surface area contributed by atoms with E-state index in [1.807, 2.05) is 5.87 Å². The molecule has 0 aromatic carbocycles. The fourth-order valence-electron chi connectivity index (χ4n) is 1.55. The van der Waals surface area contributed by atoms with Crippen molar-refractivity contribution < 1.29 is 28.3 Å². The summed E-state index contributed by atoms with van der Waals surface area (Å²) in [5.41, 5.74) is -1.69. The summed E-state index contributed by atoms with van der Waals surface area (Å²) in [5.74, 6) is -0.636. The normalized spacial score (nSPS) is 10.0. The largest absolute Gasteiger partial charge is 0.465 e. The molecule has 0 spiro atoms. The van der Waals surface area contributed by atoms with E-state index in [9.17, 15) is 19.2 Å². The Morgan fingerprint density at radius 3 is 2.35 bits per heavy atom. The lowest BCUT2D eigenvalue weighted by molar-refractivity contribution is -0.135. The van der Waals surface area contributed by atoms with Crippen LogP contribution < -0.4 is 5.63 Å². The number of esters is 2. The van der Waals surface area contributed by atoms with Crippen LogP contribution in [0.2, 0.25) is 0 Å². The Morgan fingerprint density at radius 2 is 1.87 bits per heavy atom. The summed E-state index contributed by atoms with van der Waals surface area (Å²) in [6.07, 6.45) is 2.18. The summed E-state index contributed by atoms with van der Waals surface area (Å²) in [5, 5.41) is 7.00. The van der Waals surface area contributed by atoms with Crippen molar-refractivity contribution in [2.75, 3.05) is 14.2 Å². The van der Waals surface area contributed by atoms with Gasteiger partial charge in [-0.15, -0.1) is 0 Å². The molecular weight excluding hydrogens is 306 g/mol. The summed E-state index contributed by atoms with van der Waals surface area (Å²) >= 11 is 0. The summed E-state index contributed by atoms with van der Waals surface area (Å²) in [7, 11) is 2.24. The molecule has 23 heavy (non-hydrogen) atoms. The van der Waals surface area contributed by atoms with Crippen LogP contribution in [0.4, 0.5) is 0 Å². The van der Waals surface area contributed by atoms with Crippen LogP contribution in [0.3, 0.4) is 0 Å². The first-order valence-electron chi connectivity index (χ1n) is 6.19. The number of ketones is 1. The summed E-state index contributed by atoms with van der Waals surface area (Å²) < 4.78 is 13.9. The van der Waals surface area contributed by atoms with E-state index in [1.165, 1.54) is 0 Å². The highest BCUT2D eigenvalue weighted by Crippen LogP contribution is 2.14. The van der Waals surface area contributed by atoms with Crippen LogP contribution in [0.15, 0.2) is 26.9 Å². The number of Topliss-reactive ketones (excluding diaryl/α,β-unsaturated/α-hetero) is 1. The zero-order chi connectivity index (χ0) is 17.6. The van der Waals surface area contributed by atoms with Crippen molar-refractivity contribution in [2.45, 2.75) is 6.92 Å². The van der Waals surface area contributed by atoms with Crippen molar-refractivity contribution in [2.24, 2.45) is 0 Å². The van der Waals surface area contributed by atoms with Crippen LogP contribution in [0.25, 0.3) is 6.08 Å². The average molecular weight is 319 g/mol. The maximum atomic E-state index is 11.7. The molecule has 120 valence electrons. The monoisotopic (exact) mass is 319 g/mol. The van der Waals surface area contributed by atoms with E-state index in [-0.39, 0.29) is 22.5 Å². The van der Waals surface area contributed by atoms with Gasteiger partial charge in [0.05, 0.1) is 14.2 Å². The quantitative estimate of drug-likeness (QED) is 0.282. The molecule has 1 rings (SSSR count). The third-order valence-corrected chi connectivity index (χ3v) is 2.70. The second kappa shape index (κ2) is 7.67. The lowest BCUT2D eigenvalue weighted by Gasteiger charge is -2.04. The number of hydrogen-bond donors (Lipinski definition) is 1. The Labute approximate surface area is 130 Å². The summed E-state index contributed by atoms with van der Waals surface area (Å²) in [6, 6.07) is 1.05. The Bertz CT molecular complexity index is 795. The predicted molar refractivity (Wildman–Crippen MR) is 78.6 cm³/mol. The highest BCUT2D eigenvalue weighted by Gasteiger charge is 2.19. The Hall–Kier alpha value is -3.25. The Morgan fingerprint density at radius 1 is 1.22 bits per heavy atom. The van der Waals surface area contributed by atoms with Gasteiger partial charge in [0.15, 0.2) is 5.78 Å². The third kappa shape index (κ3) is 4.12. The molecule has 0 radical (unpaired) electrons. The van der Waals surface area contributed by atoms with Crippen molar-refractivity contribution in [3.8, 4) is 0 Å². The lowest BCUT2D eigenvalue weighted by atomic mass is 10.1. The molecule has 0 amide bonds. The van der Waals surface area contributed by atoms with Gasteiger partial charge in [-0.1, -0.05) is 0 Å². The molecule has 1 aromatic heterocycles. The Balaban J connectivity index is 3.46. The van der Waals surface area contributed by atoms with Crippen LogP contribution in [0.1, 0.15) is 33.4 Å². The van der Waals surface area contributed by atoms with Gasteiger partial charge in [0, 0.05) is 0 Å². The third-order valence-electron chi connectivity index (χ3n) is 2.70. The van der Waals surface area contributed by atoms with Gasteiger partial charge in [-0.2, -0.15) is 0 Å². The first kappa shape index (κ1) is 17.8. The Kier molecular flexibility index (Phi) is 5.94. The molecule has 0 atom stereocenters. The minimum absolute atomic E-state index is 0.178. The molecule has 0 unspecified atom stereocenters. The van der Waals surface area contributed by atoms with Gasteiger partial charge in [0.25, 0.3) is 0 Å². The van der Waals surface area contributed by atoms with Crippen LogP contribution in [-0.2, 0) is 14.3 Å². The molecule has 0 saturated heterocycles. The molecule has 0 aliphatic carbocycles. The van der Waals surface area contributed by atoms with Crippen LogP contribution >= 0.6 is 0 Å². The standard InChI is InChI=1S/C15H13NO7/c1-8(17)10-6-11(14(19)22-3)12(23-15(10)20)5-4-9(7-16)13(18)21-2/h4-6,16H,1-3H3/b5-4+. The zero-order valence-corrected chi connectivity index (χ0v) is 12.6. The summed E-state index contributed by atoms with van der Waals surface area (Å²) in [4.78, 5) is 46.1. The van der Waals surface area contributed by atoms with Crippen molar-refractivity contribution >= 4 is 29.7 Å². The minimum atomic E-state index is -0.941. The number of carbonyl (C=O) groups excluding carboxylic acids is 3. The molecule has 0 bridgehead atoms. The van der Waals surface area contributed by atoms with Gasteiger partial charge in [-0.25, -0.2) is 14.4 Å². The number of hydrogen-bond acceptors (Lipinski definition) is 8. The van der Waals surface area contributed by atoms with Crippen LogP contribution in [0, 0.1) is 5.41 Å². The van der Waals surface area contributed by atoms with Gasteiger partial charge >= 0.3 is 17.6 Å². The molecule has 0 saturated carbocycles. The minimum Gasteiger partial charge on any atom is -0.465 e. The maximum absolute atomic E-state index is 11.7. The van der Waals surface area contributed by atoms with E-state index in [0.717, 1.165) is 39.4 Å². The fraction of sp³-hybridized carbons (Fsp3) is 0.200. The van der Waals surface area contributed by atoms with Gasteiger partial charge < -0.3 is 13.9 Å². The molecule has 0 aliphatic rings. The van der Waals surface area contributed by atoms with Crippen LogP contribution in [0.5, 0.6) is 0 Å². The molecule has 1 heterocycles.